The summed E-state index contributed by atoms with van der Waals surface area (Å²) in [5, 5.41) is 7.58. The number of nitrogens with two attached hydrogens (primary N) is 1. The number of halogens is 3. The summed E-state index contributed by atoms with van der Waals surface area (Å²) >= 11 is 0. The van der Waals surface area contributed by atoms with Crippen LogP contribution in [0.2, 0.25) is 0 Å². The Morgan fingerprint density at radius 2 is 1.62 bits per heavy atom. The molecule has 0 saturated heterocycles. The van der Waals surface area contributed by atoms with Crippen molar-refractivity contribution in [2.45, 2.75) is 6.36 Å². The van der Waals surface area contributed by atoms with Crippen LogP contribution >= 0.6 is 0 Å². The molecule has 21 heavy (non-hydrogen) atoms. The third-order valence-electron chi connectivity index (χ3n) is 2.85. The minimum Gasteiger partial charge on any atom is -0.406 e. The molecule has 0 atom stereocenters. The summed E-state index contributed by atoms with van der Waals surface area (Å²) in [5.74, 6) is -0.0278. The quantitative estimate of drug-likeness (QED) is 0.789. The van der Waals surface area contributed by atoms with E-state index in [9.17, 15) is 13.2 Å². The van der Waals surface area contributed by atoms with E-state index in [-0.39, 0.29) is 11.7 Å². The van der Waals surface area contributed by atoms with E-state index in [0.29, 0.717) is 5.65 Å². The normalized spacial score (nSPS) is 11.8. The maximum Gasteiger partial charge on any atom is 0.573 e. The first-order valence-corrected chi connectivity index (χ1v) is 5.89. The molecular weight excluding hydrogens is 285 g/mol. The van der Waals surface area contributed by atoms with Gasteiger partial charge in [-0.2, -0.15) is 0 Å². The molecule has 0 bridgehead atoms. The SMILES string of the molecule is Nc1nnc2ccc(-c3ccc(OC(F)(F)F)cc3)cn12. The number of benzene rings is 1. The molecule has 2 heterocycles. The van der Waals surface area contributed by atoms with Crippen LogP contribution < -0.4 is 10.5 Å². The Hall–Kier alpha value is -2.77. The highest BCUT2D eigenvalue weighted by atomic mass is 19.4. The lowest BCUT2D eigenvalue weighted by Crippen LogP contribution is -2.16. The molecule has 0 aliphatic carbocycles. The Kier molecular flexibility index (Phi) is 2.93. The predicted molar refractivity (Wildman–Crippen MR) is 69.5 cm³/mol. The average molecular weight is 294 g/mol. The molecule has 2 N–H and O–H groups in total. The molecule has 0 fully saturated rings. The van der Waals surface area contributed by atoms with Crippen molar-refractivity contribution in [1.29, 1.82) is 0 Å². The van der Waals surface area contributed by atoms with Crippen LogP contribution in [0.15, 0.2) is 42.6 Å². The zero-order valence-corrected chi connectivity index (χ0v) is 10.5. The summed E-state index contributed by atoms with van der Waals surface area (Å²) in [6.45, 7) is 0. The highest BCUT2D eigenvalue weighted by Crippen LogP contribution is 2.26. The number of fused-ring (bicyclic) bond motifs is 1. The molecule has 0 aliphatic heterocycles. The smallest absolute Gasteiger partial charge is 0.406 e. The topological polar surface area (TPSA) is 65.4 Å². The fourth-order valence-electron chi connectivity index (χ4n) is 1.93. The molecule has 3 aromatic rings. The van der Waals surface area contributed by atoms with Crippen molar-refractivity contribution in [3.05, 3.63) is 42.6 Å². The standard InChI is InChI=1S/C13H9F3N4O/c14-13(15,16)21-10-4-1-8(2-5-10)9-3-6-11-18-19-12(17)20(11)7-9/h1-7H,(H2,17,19). The number of pyridine rings is 1. The van der Waals surface area contributed by atoms with Crippen molar-refractivity contribution < 1.29 is 17.9 Å². The molecule has 108 valence electrons. The number of hydrogen-bond acceptors (Lipinski definition) is 4. The number of ether oxygens (including phenoxy) is 1. The third-order valence-corrected chi connectivity index (χ3v) is 2.85. The highest BCUT2D eigenvalue weighted by molar-refractivity contribution is 5.65. The first-order chi connectivity index (χ1) is 9.92. The van der Waals surface area contributed by atoms with E-state index in [4.69, 9.17) is 5.73 Å². The third kappa shape index (κ3) is 2.73. The number of nitrogens with zero attached hydrogens (tertiary/aromatic N) is 3. The zero-order valence-electron chi connectivity index (χ0n) is 10.5. The Labute approximate surface area is 116 Å². The van der Waals surface area contributed by atoms with E-state index >= 15 is 0 Å². The largest absolute Gasteiger partial charge is 0.573 e. The van der Waals surface area contributed by atoms with Gasteiger partial charge in [-0.15, -0.1) is 23.4 Å². The van der Waals surface area contributed by atoms with Gasteiger partial charge in [0.1, 0.15) is 5.75 Å². The van der Waals surface area contributed by atoms with Gasteiger partial charge in [-0.3, -0.25) is 4.40 Å². The fraction of sp³-hybridized carbons (Fsp3) is 0.0769. The van der Waals surface area contributed by atoms with E-state index < -0.39 is 6.36 Å². The monoisotopic (exact) mass is 294 g/mol. The van der Waals surface area contributed by atoms with Crippen molar-refractivity contribution in [3.63, 3.8) is 0 Å². The molecule has 2 aromatic heterocycles. The molecule has 5 nitrogen and oxygen atoms in total. The molecule has 8 heteroatoms. The number of nitrogen functional groups attached to an aromatic ring is 1. The van der Waals surface area contributed by atoms with Gasteiger partial charge in [-0.05, 0) is 35.4 Å². The summed E-state index contributed by atoms with van der Waals surface area (Å²) in [6, 6.07) is 9.07. The fourth-order valence-corrected chi connectivity index (χ4v) is 1.93. The number of aromatic nitrogens is 3. The highest BCUT2D eigenvalue weighted by Gasteiger charge is 2.30. The van der Waals surface area contributed by atoms with Gasteiger partial charge in [0.05, 0.1) is 0 Å². The summed E-state index contributed by atoms with van der Waals surface area (Å²) < 4.78 is 41.7. The van der Waals surface area contributed by atoms with E-state index in [1.165, 1.54) is 24.3 Å². The lowest BCUT2D eigenvalue weighted by atomic mass is 10.1. The number of rotatable bonds is 2. The number of anilines is 1. The molecule has 0 amide bonds. The zero-order chi connectivity index (χ0) is 15.0. The summed E-state index contributed by atoms with van der Waals surface area (Å²) in [6.07, 6.45) is -2.98. The van der Waals surface area contributed by atoms with Crippen molar-refractivity contribution in [3.8, 4) is 16.9 Å². The van der Waals surface area contributed by atoms with Gasteiger partial charge in [-0.25, -0.2) is 0 Å². The number of hydrogen-bond donors (Lipinski definition) is 1. The van der Waals surface area contributed by atoms with Crippen LogP contribution in [0.1, 0.15) is 0 Å². The van der Waals surface area contributed by atoms with E-state index in [1.54, 1.807) is 22.7 Å². The predicted octanol–water partition coefficient (Wildman–Crippen LogP) is 2.88. The van der Waals surface area contributed by atoms with E-state index in [1.807, 2.05) is 0 Å². The van der Waals surface area contributed by atoms with Crippen molar-refractivity contribution >= 4 is 11.6 Å². The molecule has 1 aromatic carbocycles. The van der Waals surface area contributed by atoms with Gasteiger partial charge in [0.25, 0.3) is 0 Å². The Morgan fingerprint density at radius 1 is 0.952 bits per heavy atom. The van der Waals surface area contributed by atoms with Crippen LogP contribution in [0.4, 0.5) is 19.1 Å². The van der Waals surface area contributed by atoms with Gasteiger partial charge in [-0.1, -0.05) is 12.1 Å². The second-order valence-electron chi connectivity index (χ2n) is 4.28. The van der Waals surface area contributed by atoms with Gasteiger partial charge in [0, 0.05) is 6.20 Å². The van der Waals surface area contributed by atoms with Crippen LogP contribution in [-0.4, -0.2) is 21.0 Å². The summed E-state index contributed by atoms with van der Waals surface area (Å²) in [5.41, 5.74) is 7.74. The first kappa shape index (κ1) is 13.2. The van der Waals surface area contributed by atoms with Crippen LogP contribution in [0.3, 0.4) is 0 Å². The molecule has 0 aliphatic rings. The lowest BCUT2D eigenvalue weighted by molar-refractivity contribution is -0.274. The van der Waals surface area contributed by atoms with E-state index in [0.717, 1.165) is 11.1 Å². The van der Waals surface area contributed by atoms with Gasteiger partial charge in [0.2, 0.25) is 5.95 Å². The van der Waals surface area contributed by atoms with Crippen molar-refractivity contribution in [2.75, 3.05) is 5.73 Å². The Balaban J connectivity index is 1.93. The van der Waals surface area contributed by atoms with Gasteiger partial charge < -0.3 is 10.5 Å². The molecular formula is C13H9F3N4O. The van der Waals surface area contributed by atoms with Crippen LogP contribution in [0, 0.1) is 0 Å². The maximum absolute atomic E-state index is 12.1. The number of alkyl halides is 3. The molecule has 3 rings (SSSR count). The molecule has 0 spiro atoms. The minimum atomic E-state index is -4.70. The first-order valence-electron chi connectivity index (χ1n) is 5.89. The molecule has 0 saturated carbocycles. The van der Waals surface area contributed by atoms with Crippen molar-refractivity contribution in [1.82, 2.24) is 14.6 Å². The summed E-state index contributed by atoms with van der Waals surface area (Å²) in [7, 11) is 0. The van der Waals surface area contributed by atoms with Crippen LogP contribution in [0.25, 0.3) is 16.8 Å². The second kappa shape index (κ2) is 4.65. The lowest BCUT2D eigenvalue weighted by Gasteiger charge is -2.09. The van der Waals surface area contributed by atoms with E-state index in [2.05, 4.69) is 14.9 Å². The second-order valence-corrected chi connectivity index (χ2v) is 4.28. The molecule has 0 unspecified atom stereocenters. The van der Waals surface area contributed by atoms with Crippen LogP contribution in [-0.2, 0) is 0 Å². The Morgan fingerprint density at radius 3 is 2.29 bits per heavy atom. The Bertz CT molecular complexity index is 780. The maximum atomic E-state index is 12.1. The molecule has 0 radical (unpaired) electrons. The average Bonchev–Trinajstić information content (AvgIpc) is 2.79. The summed E-state index contributed by atoms with van der Waals surface area (Å²) in [4.78, 5) is 0. The minimum absolute atomic E-state index is 0.240. The van der Waals surface area contributed by atoms with Crippen LogP contribution in [0.5, 0.6) is 5.75 Å². The van der Waals surface area contributed by atoms with Gasteiger partial charge >= 0.3 is 6.36 Å². The van der Waals surface area contributed by atoms with Crippen molar-refractivity contribution in [2.24, 2.45) is 0 Å². The van der Waals surface area contributed by atoms with Gasteiger partial charge in [0.15, 0.2) is 5.65 Å².